The third kappa shape index (κ3) is 2.53. The maximum atomic E-state index is 6.17. The molecule has 0 heterocycles. The molecule has 0 amide bonds. The maximum absolute atomic E-state index is 6.17. The summed E-state index contributed by atoms with van der Waals surface area (Å²) in [6.07, 6.45) is 10.1. The molecule has 98 valence electrons. The molecule has 3 saturated carbocycles. The van der Waals surface area contributed by atoms with Gasteiger partial charge in [-0.1, -0.05) is 12.8 Å². The van der Waals surface area contributed by atoms with Gasteiger partial charge in [-0.25, -0.2) is 0 Å². The Balaban J connectivity index is 1.45. The van der Waals surface area contributed by atoms with Gasteiger partial charge in [-0.15, -0.1) is 0 Å². The predicted molar refractivity (Wildman–Crippen MR) is 71.8 cm³/mol. The summed E-state index contributed by atoms with van der Waals surface area (Å²) in [5.41, 5.74) is 6.17. The largest absolute Gasteiger partial charge is 0.327 e. The molecule has 3 fully saturated rings. The molecule has 0 aromatic carbocycles. The summed E-state index contributed by atoms with van der Waals surface area (Å²) in [7, 11) is 2.32. The van der Waals surface area contributed by atoms with Crippen LogP contribution in [-0.2, 0) is 0 Å². The van der Waals surface area contributed by atoms with E-state index in [1.165, 1.54) is 51.6 Å². The summed E-state index contributed by atoms with van der Waals surface area (Å²) in [6.45, 7) is 2.58. The van der Waals surface area contributed by atoms with E-state index in [9.17, 15) is 0 Å². The lowest BCUT2D eigenvalue weighted by Crippen LogP contribution is -2.37. The predicted octanol–water partition coefficient (Wildman–Crippen LogP) is 2.48. The number of rotatable bonds is 4. The van der Waals surface area contributed by atoms with Crippen molar-refractivity contribution in [1.82, 2.24) is 4.90 Å². The summed E-state index contributed by atoms with van der Waals surface area (Å²) in [4.78, 5) is 2.58. The molecule has 3 rings (SSSR count). The van der Waals surface area contributed by atoms with Gasteiger partial charge in [0.1, 0.15) is 0 Å². The van der Waals surface area contributed by atoms with Crippen LogP contribution in [0.5, 0.6) is 0 Å². The highest BCUT2D eigenvalue weighted by Gasteiger charge is 2.39. The highest BCUT2D eigenvalue weighted by atomic mass is 15.1. The van der Waals surface area contributed by atoms with Crippen LogP contribution in [0.4, 0.5) is 0 Å². The lowest BCUT2D eigenvalue weighted by Gasteiger charge is -2.29. The fourth-order valence-corrected chi connectivity index (χ4v) is 4.77. The molecular formula is C15H28N2. The molecular weight excluding hydrogens is 208 g/mol. The second kappa shape index (κ2) is 4.89. The van der Waals surface area contributed by atoms with Crippen molar-refractivity contribution in [2.75, 3.05) is 20.1 Å². The van der Waals surface area contributed by atoms with Crippen molar-refractivity contribution in [3.63, 3.8) is 0 Å². The van der Waals surface area contributed by atoms with E-state index >= 15 is 0 Å². The van der Waals surface area contributed by atoms with Crippen LogP contribution in [0.1, 0.15) is 44.9 Å². The number of hydrogen-bond donors (Lipinski definition) is 1. The number of nitrogens with two attached hydrogens (primary N) is 1. The van der Waals surface area contributed by atoms with Crippen molar-refractivity contribution in [2.24, 2.45) is 29.4 Å². The minimum atomic E-state index is 0.484. The quantitative estimate of drug-likeness (QED) is 0.812. The van der Waals surface area contributed by atoms with Gasteiger partial charge < -0.3 is 10.6 Å². The topological polar surface area (TPSA) is 29.3 Å². The smallest absolute Gasteiger partial charge is 0.00793 e. The monoisotopic (exact) mass is 236 g/mol. The van der Waals surface area contributed by atoms with E-state index in [4.69, 9.17) is 5.73 Å². The van der Waals surface area contributed by atoms with E-state index in [1.54, 1.807) is 6.42 Å². The first-order valence-electron chi connectivity index (χ1n) is 7.66. The molecule has 0 radical (unpaired) electrons. The lowest BCUT2D eigenvalue weighted by atomic mass is 9.88. The van der Waals surface area contributed by atoms with E-state index < -0.39 is 0 Å². The number of hydrogen-bond acceptors (Lipinski definition) is 2. The Hall–Kier alpha value is -0.0800. The normalized spacial score (nSPS) is 45.0. The minimum absolute atomic E-state index is 0.484. The van der Waals surface area contributed by atoms with Crippen LogP contribution >= 0.6 is 0 Å². The molecule has 2 bridgehead atoms. The molecule has 2 nitrogen and oxygen atoms in total. The zero-order valence-electron chi connectivity index (χ0n) is 11.3. The molecule has 3 aliphatic carbocycles. The molecule has 2 N–H and O–H groups in total. The first kappa shape index (κ1) is 12.0. The van der Waals surface area contributed by atoms with Crippen molar-refractivity contribution in [1.29, 1.82) is 0 Å². The van der Waals surface area contributed by atoms with Crippen LogP contribution in [0.2, 0.25) is 0 Å². The average molecular weight is 236 g/mol. The summed E-state index contributed by atoms with van der Waals surface area (Å²) in [5, 5.41) is 0. The average Bonchev–Trinajstić information content (AvgIpc) is 2.96. The standard InChI is InChI=1S/C15H28N2/c1-17(9-13-3-2-4-15(13)16)10-14-8-11-5-6-12(14)7-11/h11-15H,2-10,16H2,1H3. The van der Waals surface area contributed by atoms with Gasteiger partial charge in [-0.05, 0) is 62.8 Å². The molecule has 5 atom stereocenters. The summed E-state index contributed by atoms with van der Waals surface area (Å²) < 4.78 is 0. The molecule has 0 saturated heterocycles. The zero-order chi connectivity index (χ0) is 11.8. The van der Waals surface area contributed by atoms with Gasteiger partial charge >= 0.3 is 0 Å². The Kier molecular flexibility index (Phi) is 3.45. The fourth-order valence-electron chi connectivity index (χ4n) is 4.77. The zero-order valence-corrected chi connectivity index (χ0v) is 11.3. The SMILES string of the molecule is CN(CC1CCCC1N)CC1CC2CCC1C2. The maximum Gasteiger partial charge on any atom is 0.00793 e. The first-order chi connectivity index (χ1) is 8.22. The van der Waals surface area contributed by atoms with E-state index in [1.807, 2.05) is 0 Å². The van der Waals surface area contributed by atoms with E-state index in [0.717, 1.165) is 23.7 Å². The van der Waals surface area contributed by atoms with Crippen LogP contribution in [-0.4, -0.2) is 31.1 Å². The van der Waals surface area contributed by atoms with Gasteiger partial charge in [-0.2, -0.15) is 0 Å². The van der Waals surface area contributed by atoms with Crippen molar-refractivity contribution in [3.8, 4) is 0 Å². The third-order valence-corrected chi connectivity index (χ3v) is 5.69. The Morgan fingerprint density at radius 3 is 2.41 bits per heavy atom. The Morgan fingerprint density at radius 2 is 1.82 bits per heavy atom. The van der Waals surface area contributed by atoms with Crippen LogP contribution in [0.25, 0.3) is 0 Å². The molecule has 17 heavy (non-hydrogen) atoms. The van der Waals surface area contributed by atoms with Gasteiger partial charge in [0.05, 0.1) is 0 Å². The summed E-state index contributed by atoms with van der Waals surface area (Å²) in [5.74, 6) is 3.95. The molecule has 0 aromatic rings. The Bertz CT molecular complexity index is 266. The number of nitrogens with zero attached hydrogens (tertiary/aromatic N) is 1. The highest BCUT2D eigenvalue weighted by Crippen LogP contribution is 2.48. The second-order valence-corrected chi connectivity index (χ2v) is 7.01. The number of fused-ring (bicyclic) bond motifs is 2. The van der Waals surface area contributed by atoms with Crippen molar-refractivity contribution in [3.05, 3.63) is 0 Å². The Labute approximate surface area is 106 Å². The summed E-state index contributed by atoms with van der Waals surface area (Å²) in [6, 6.07) is 0.484. The van der Waals surface area contributed by atoms with Gasteiger partial charge in [-0.3, -0.25) is 0 Å². The molecule has 5 unspecified atom stereocenters. The first-order valence-corrected chi connectivity index (χ1v) is 7.66. The molecule has 2 heteroatoms. The van der Waals surface area contributed by atoms with Crippen molar-refractivity contribution in [2.45, 2.75) is 51.0 Å². The Morgan fingerprint density at radius 1 is 1.00 bits per heavy atom. The van der Waals surface area contributed by atoms with Crippen molar-refractivity contribution >= 4 is 0 Å². The van der Waals surface area contributed by atoms with Gasteiger partial charge in [0.2, 0.25) is 0 Å². The van der Waals surface area contributed by atoms with Crippen LogP contribution < -0.4 is 5.73 Å². The van der Waals surface area contributed by atoms with Gasteiger partial charge in [0, 0.05) is 19.1 Å². The fraction of sp³-hybridized carbons (Fsp3) is 1.00. The van der Waals surface area contributed by atoms with E-state index in [-0.39, 0.29) is 0 Å². The summed E-state index contributed by atoms with van der Waals surface area (Å²) >= 11 is 0. The lowest BCUT2D eigenvalue weighted by molar-refractivity contribution is 0.193. The van der Waals surface area contributed by atoms with E-state index in [0.29, 0.717) is 6.04 Å². The molecule has 0 aliphatic heterocycles. The van der Waals surface area contributed by atoms with Crippen LogP contribution in [0.15, 0.2) is 0 Å². The van der Waals surface area contributed by atoms with Crippen LogP contribution in [0, 0.1) is 23.7 Å². The molecule has 3 aliphatic rings. The third-order valence-electron chi connectivity index (χ3n) is 5.69. The second-order valence-electron chi connectivity index (χ2n) is 7.01. The molecule has 0 spiro atoms. The highest BCUT2D eigenvalue weighted by molar-refractivity contribution is 4.91. The molecule has 0 aromatic heterocycles. The van der Waals surface area contributed by atoms with Crippen molar-refractivity contribution < 1.29 is 0 Å². The minimum Gasteiger partial charge on any atom is -0.327 e. The van der Waals surface area contributed by atoms with Gasteiger partial charge in [0.15, 0.2) is 0 Å². The van der Waals surface area contributed by atoms with Crippen LogP contribution in [0.3, 0.4) is 0 Å². The van der Waals surface area contributed by atoms with Gasteiger partial charge in [0.25, 0.3) is 0 Å². The van der Waals surface area contributed by atoms with E-state index in [2.05, 4.69) is 11.9 Å².